The van der Waals surface area contributed by atoms with Crippen LogP contribution in [0.15, 0.2) is 10.6 Å². The van der Waals surface area contributed by atoms with Gasteiger partial charge in [-0.05, 0) is 6.42 Å². The van der Waals surface area contributed by atoms with Gasteiger partial charge in [0, 0.05) is 12.0 Å². The van der Waals surface area contributed by atoms with Crippen molar-refractivity contribution < 1.29 is 14.1 Å². The van der Waals surface area contributed by atoms with E-state index in [1.165, 1.54) is 7.11 Å². The van der Waals surface area contributed by atoms with Crippen LogP contribution in [0.4, 0.5) is 0 Å². The van der Waals surface area contributed by atoms with E-state index in [2.05, 4.69) is 16.8 Å². The van der Waals surface area contributed by atoms with E-state index in [1.54, 1.807) is 6.07 Å². The number of hydrogen-bond acceptors (Lipinski definition) is 4. The fourth-order valence-corrected chi connectivity index (χ4v) is 0.927. The number of esters is 1. The number of rotatable bonds is 3. The Labute approximate surface area is 76.9 Å². The van der Waals surface area contributed by atoms with E-state index in [0.29, 0.717) is 5.92 Å². The van der Waals surface area contributed by atoms with Gasteiger partial charge in [0.25, 0.3) is 0 Å². The summed E-state index contributed by atoms with van der Waals surface area (Å²) in [5.41, 5.74) is 0.794. The molecule has 1 atom stereocenters. The Hall–Kier alpha value is -1.32. The molecule has 0 saturated carbocycles. The van der Waals surface area contributed by atoms with E-state index in [-0.39, 0.29) is 5.76 Å². The quantitative estimate of drug-likeness (QED) is 0.672. The Morgan fingerprint density at radius 2 is 2.46 bits per heavy atom. The summed E-state index contributed by atoms with van der Waals surface area (Å²) in [5, 5.41) is 3.78. The average molecular weight is 183 g/mol. The molecule has 4 nitrogen and oxygen atoms in total. The van der Waals surface area contributed by atoms with Crippen LogP contribution in [0.2, 0.25) is 0 Å². The van der Waals surface area contributed by atoms with E-state index in [9.17, 15) is 4.79 Å². The molecular formula is C9H13NO3. The van der Waals surface area contributed by atoms with E-state index in [0.717, 1.165) is 12.1 Å². The average Bonchev–Trinajstić information content (AvgIpc) is 2.64. The first-order valence-corrected chi connectivity index (χ1v) is 4.24. The summed E-state index contributed by atoms with van der Waals surface area (Å²) in [6, 6.07) is 1.62. The monoisotopic (exact) mass is 183 g/mol. The largest absolute Gasteiger partial charge is 0.463 e. The number of nitrogens with zero attached hydrogens (tertiary/aromatic N) is 1. The van der Waals surface area contributed by atoms with Crippen molar-refractivity contribution >= 4 is 5.97 Å². The first-order chi connectivity index (χ1) is 6.19. The maximum atomic E-state index is 11.0. The van der Waals surface area contributed by atoms with Crippen LogP contribution in [0.3, 0.4) is 0 Å². The third kappa shape index (κ3) is 2.08. The standard InChI is InChI=1S/C9H13NO3/c1-4-6(2)7-5-8(13-10-7)9(11)12-3/h5-6H,4H2,1-3H3. The fourth-order valence-electron chi connectivity index (χ4n) is 0.927. The van der Waals surface area contributed by atoms with Crippen molar-refractivity contribution in [2.24, 2.45) is 0 Å². The van der Waals surface area contributed by atoms with Crippen LogP contribution in [-0.4, -0.2) is 18.2 Å². The van der Waals surface area contributed by atoms with Crippen molar-refractivity contribution in [3.8, 4) is 0 Å². The normalized spacial score (nSPS) is 12.5. The van der Waals surface area contributed by atoms with Crippen LogP contribution in [-0.2, 0) is 4.74 Å². The summed E-state index contributed by atoms with van der Waals surface area (Å²) < 4.78 is 9.31. The van der Waals surface area contributed by atoms with Crippen LogP contribution < -0.4 is 0 Å². The second-order valence-corrected chi connectivity index (χ2v) is 2.92. The Kier molecular flexibility index (Phi) is 3.06. The van der Waals surface area contributed by atoms with Crippen molar-refractivity contribution in [3.63, 3.8) is 0 Å². The molecule has 0 aliphatic heterocycles. The lowest BCUT2D eigenvalue weighted by molar-refractivity contribution is 0.0554. The molecule has 1 aromatic rings. The zero-order valence-corrected chi connectivity index (χ0v) is 8.03. The van der Waals surface area contributed by atoms with Gasteiger partial charge < -0.3 is 9.26 Å². The van der Waals surface area contributed by atoms with Crippen LogP contribution in [0, 0.1) is 0 Å². The topological polar surface area (TPSA) is 52.3 Å². The van der Waals surface area contributed by atoms with Crippen molar-refractivity contribution in [3.05, 3.63) is 17.5 Å². The molecule has 0 aromatic carbocycles. The number of hydrogen-bond donors (Lipinski definition) is 0. The lowest BCUT2D eigenvalue weighted by Crippen LogP contribution is -1.98. The zero-order chi connectivity index (χ0) is 9.84. The molecule has 13 heavy (non-hydrogen) atoms. The summed E-state index contributed by atoms with van der Waals surface area (Å²) in [6.07, 6.45) is 0.965. The van der Waals surface area contributed by atoms with Gasteiger partial charge in [0.1, 0.15) is 0 Å². The number of carbonyl (C=O) groups excluding carboxylic acids is 1. The summed E-state index contributed by atoms with van der Waals surface area (Å²) in [5.74, 6) is -0.0120. The van der Waals surface area contributed by atoms with Gasteiger partial charge in [-0.1, -0.05) is 19.0 Å². The van der Waals surface area contributed by atoms with Gasteiger partial charge in [0.15, 0.2) is 0 Å². The van der Waals surface area contributed by atoms with Crippen LogP contribution >= 0.6 is 0 Å². The molecule has 0 fully saturated rings. The fraction of sp³-hybridized carbons (Fsp3) is 0.556. The van der Waals surface area contributed by atoms with E-state index in [4.69, 9.17) is 4.52 Å². The minimum absolute atomic E-state index is 0.165. The smallest absolute Gasteiger partial charge is 0.376 e. The second-order valence-electron chi connectivity index (χ2n) is 2.92. The van der Waals surface area contributed by atoms with Crippen molar-refractivity contribution in [1.29, 1.82) is 0 Å². The van der Waals surface area contributed by atoms with Crippen molar-refractivity contribution in [2.45, 2.75) is 26.2 Å². The zero-order valence-electron chi connectivity index (χ0n) is 8.03. The minimum Gasteiger partial charge on any atom is -0.463 e. The number of ether oxygens (including phenoxy) is 1. The SMILES string of the molecule is CCC(C)c1cc(C(=O)OC)on1. The highest BCUT2D eigenvalue weighted by Gasteiger charge is 2.15. The maximum absolute atomic E-state index is 11.0. The molecule has 1 aromatic heterocycles. The van der Waals surface area contributed by atoms with Crippen molar-refractivity contribution in [2.75, 3.05) is 7.11 Å². The third-order valence-corrected chi connectivity index (χ3v) is 2.03. The van der Waals surface area contributed by atoms with E-state index in [1.807, 2.05) is 6.92 Å². The molecule has 1 unspecified atom stereocenters. The third-order valence-electron chi connectivity index (χ3n) is 2.03. The molecule has 0 aliphatic carbocycles. The maximum Gasteiger partial charge on any atom is 0.376 e. The second kappa shape index (κ2) is 4.07. The highest BCUT2D eigenvalue weighted by Crippen LogP contribution is 2.18. The van der Waals surface area contributed by atoms with E-state index < -0.39 is 5.97 Å². The van der Waals surface area contributed by atoms with Gasteiger partial charge in [-0.25, -0.2) is 4.79 Å². The molecule has 0 saturated heterocycles. The van der Waals surface area contributed by atoms with Gasteiger partial charge in [-0.2, -0.15) is 0 Å². The minimum atomic E-state index is -0.484. The Balaban J connectivity index is 2.80. The lowest BCUT2D eigenvalue weighted by Gasteiger charge is -1.99. The highest BCUT2D eigenvalue weighted by atomic mass is 16.5. The van der Waals surface area contributed by atoms with Gasteiger partial charge in [0.05, 0.1) is 12.8 Å². The molecule has 4 heteroatoms. The molecule has 1 heterocycles. The Bertz CT molecular complexity index is 293. The summed E-state index contributed by atoms with van der Waals surface area (Å²) in [7, 11) is 1.31. The van der Waals surface area contributed by atoms with Crippen LogP contribution in [0.1, 0.15) is 42.4 Å². The molecule has 0 N–H and O–H groups in total. The predicted molar refractivity (Wildman–Crippen MR) is 46.5 cm³/mol. The highest BCUT2D eigenvalue weighted by molar-refractivity contribution is 5.86. The molecule has 0 radical (unpaired) electrons. The number of methoxy groups -OCH3 is 1. The molecule has 1 rings (SSSR count). The Morgan fingerprint density at radius 3 is 3.00 bits per heavy atom. The Morgan fingerprint density at radius 1 is 1.77 bits per heavy atom. The van der Waals surface area contributed by atoms with Gasteiger partial charge in [-0.15, -0.1) is 0 Å². The predicted octanol–water partition coefficient (Wildman–Crippen LogP) is 1.97. The van der Waals surface area contributed by atoms with Gasteiger partial charge in [-0.3, -0.25) is 0 Å². The van der Waals surface area contributed by atoms with Crippen LogP contribution in [0.25, 0.3) is 0 Å². The van der Waals surface area contributed by atoms with Crippen LogP contribution in [0.5, 0.6) is 0 Å². The first kappa shape index (κ1) is 9.77. The molecule has 72 valence electrons. The van der Waals surface area contributed by atoms with Gasteiger partial charge in [0.2, 0.25) is 5.76 Å². The number of carbonyl (C=O) groups is 1. The van der Waals surface area contributed by atoms with E-state index >= 15 is 0 Å². The molecule has 0 bridgehead atoms. The lowest BCUT2D eigenvalue weighted by atomic mass is 10.1. The summed E-state index contributed by atoms with van der Waals surface area (Å²) in [6.45, 7) is 4.08. The van der Waals surface area contributed by atoms with Gasteiger partial charge >= 0.3 is 5.97 Å². The molecule has 0 amide bonds. The first-order valence-electron chi connectivity index (χ1n) is 4.24. The molecule has 0 spiro atoms. The summed E-state index contributed by atoms with van der Waals surface area (Å²) >= 11 is 0. The van der Waals surface area contributed by atoms with Crippen molar-refractivity contribution in [1.82, 2.24) is 5.16 Å². The number of aromatic nitrogens is 1. The molecular weight excluding hydrogens is 170 g/mol. The summed E-state index contributed by atoms with van der Waals surface area (Å²) in [4.78, 5) is 11.0. The molecule has 0 aliphatic rings.